The average molecular weight is 382 g/mol. The first-order chi connectivity index (χ1) is 13.7. The van der Waals surface area contributed by atoms with E-state index in [-0.39, 0.29) is 11.7 Å². The number of likely N-dealkylation sites (tertiary alicyclic amines) is 1. The zero-order valence-corrected chi connectivity index (χ0v) is 15.7. The lowest BCUT2D eigenvalue weighted by Crippen LogP contribution is -2.40. The highest BCUT2D eigenvalue weighted by Gasteiger charge is 2.24. The monoisotopic (exact) mass is 382 g/mol. The van der Waals surface area contributed by atoms with Crippen molar-refractivity contribution in [3.63, 3.8) is 0 Å². The van der Waals surface area contributed by atoms with Crippen LogP contribution in [0.3, 0.4) is 0 Å². The van der Waals surface area contributed by atoms with E-state index < -0.39 is 0 Å². The summed E-state index contributed by atoms with van der Waals surface area (Å²) < 4.78 is 18.6. The lowest BCUT2D eigenvalue weighted by atomic mass is 10.0. The number of amides is 1. The van der Waals surface area contributed by atoms with Crippen LogP contribution in [0, 0.1) is 5.82 Å². The molecule has 0 spiro atoms. The van der Waals surface area contributed by atoms with Gasteiger partial charge in [-0.15, -0.1) is 0 Å². The second kappa shape index (κ2) is 7.98. The van der Waals surface area contributed by atoms with Crippen molar-refractivity contribution >= 4 is 5.91 Å². The van der Waals surface area contributed by atoms with E-state index in [1.54, 1.807) is 30.6 Å². The minimum absolute atomic E-state index is 0.142. The molecule has 1 fully saturated rings. The molecule has 0 aliphatic carbocycles. The van der Waals surface area contributed by atoms with Crippen LogP contribution in [-0.2, 0) is 0 Å². The van der Waals surface area contributed by atoms with Crippen molar-refractivity contribution in [3.8, 4) is 22.5 Å². The number of rotatable bonds is 6. The molecule has 6 nitrogen and oxygen atoms in total. The van der Waals surface area contributed by atoms with E-state index >= 15 is 0 Å². The molecule has 1 atom stereocenters. The summed E-state index contributed by atoms with van der Waals surface area (Å²) in [6.45, 7) is 4.89. The second-order valence-corrected chi connectivity index (χ2v) is 7.01. The number of aromatic amines is 1. The van der Waals surface area contributed by atoms with E-state index in [4.69, 9.17) is 4.52 Å². The zero-order valence-electron chi connectivity index (χ0n) is 15.7. The number of hydrogen-bond donors (Lipinski definition) is 2. The lowest BCUT2D eigenvalue weighted by Gasteiger charge is -2.22. The first kappa shape index (κ1) is 18.4. The Kier molecular flexibility index (Phi) is 5.25. The van der Waals surface area contributed by atoms with Gasteiger partial charge in [0, 0.05) is 29.9 Å². The number of hydrogen-bond acceptors (Lipinski definition) is 4. The Hall–Kier alpha value is -2.93. The normalized spacial score (nSPS) is 17.1. The predicted octanol–water partition coefficient (Wildman–Crippen LogP) is 3.69. The molecule has 2 N–H and O–H groups in total. The van der Waals surface area contributed by atoms with Crippen molar-refractivity contribution in [2.24, 2.45) is 0 Å². The molecule has 4 rings (SSSR count). The smallest absolute Gasteiger partial charge is 0.267 e. The minimum Gasteiger partial charge on any atom is -0.356 e. The summed E-state index contributed by atoms with van der Waals surface area (Å²) in [4.78, 5) is 17.9. The van der Waals surface area contributed by atoms with Crippen LogP contribution in [0.2, 0.25) is 0 Å². The molecule has 146 valence electrons. The average Bonchev–Trinajstić information content (AvgIpc) is 3.46. The lowest BCUT2D eigenvalue weighted by molar-refractivity contribution is 0.0937. The van der Waals surface area contributed by atoms with Crippen LogP contribution in [0.5, 0.6) is 0 Å². The van der Waals surface area contributed by atoms with E-state index in [9.17, 15) is 9.18 Å². The van der Waals surface area contributed by atoms with Gasteiger partial charge in [-0.1, -0.05) is 24.2 Å². The maximum atomic E-state index is 13.2. The molecule has 0 saturated carbocycles. The summed E-state index contributed by atoms with van der Waals surface area (Å²) in [5.41, 5.74) is 2.73. The highest BCUT2D eigenvalue weighted by atomic mass is 19.1. The van der Waals surface area contributed by atoms with Gasteiger partial charge in [-0.2, -0.15) is 0 Å². The van der Waals surface area contributed by atoms with E-state index in [0.717, 1.165) is 36.2 Å². The Morgan fingerprint density at radius 1 is 1.36 bits per heavy atom. The van der Waals surface area contributed by atoms with Gasteiger partial charge < -0.3 is 14.8 Å². The highest BCUT2D eigenvalue weighted by Crippen LogP contribution is 2.32. The number of nitrogens with zero attached hydrogens (tertiary/aromatic N) is 2. The number of carbonyl (C=O) groups is 1. The van der Waals surface area contributed by atoms with Gasteiger partial charge in [0.2, 0.25) is 0 Å². The molecule has 1 aromatic carbocycles. The van der Waals surface area contributed by atoms with Crippen LogP contribution >= 0.6 is 0 Å². The summed E-state index contributed by atoms with van der Waals surface area (Å²) in [6, 6.07) is 8.28. The molecule has 1 saturated heterocycles. The van der Waals surface area contributed by atoms with Gasteiger partial charge in [-0.05, 0) is 49.7 Å². The summed E-state index contributed by atoms with van der Waals surface area (Å²) >= 11 is 0. The van der Waals surface area contributed by atoms with Crippen molar-refractivity contribution < 1.29 is 13.7 Å². The Bertz CT molecular complexity index is 947. The minimum atomic E-state index is -0.300. The van der Waals surface area contributed by atoms with E-state index in [1.807, 2.05) is 0 Å². The summed E-state index contributed by atoms with van der Waals surface area (Å²) in [7, 11) is 0. The van der Waals surface area contributed by atoms with Crippen molar-refractivity contribution in [3.05, 3.63) is 54.2 Å². The Morgan fingerprint density at radius 2 is 2.18 bits per heavy atom. The SMILES string of the molecule is CCN1CCCC1CNC(=O)c1cc(-c2oncc2-c2ccc(F)cc2)c[nH]1. The fraction of sp³-hybridized carbons (Fsp3) is 0.333. The van der Waals surface area contributed by atoms with Gasteiger partial charge in [-0.3, -0.25) is 9.69 Å². The van der Waals surface area contributed by atoms with E-state index in [1.165, 1.54) is 18.6 Å². The Labute approximate surface area is 162 Å². The van der Waals surface area contributed by atoms with Crippen LogP contribution in [-0.4, -0.2) is 46.6 Å². The van der Waals surface area contributed by atoms with Crippen molar-refractivity contribution in [2.75, 3.05) is 19.6 Å². The molecule has 28 heavy (non-hydrogen) atoms. The summed E-state index contributed by atoms with van der Waals surface area (Å²) in [6.07, 6.45) is 5.60. The first-order valence-corrected chi connectivity index (χ1v) is 9.57. The molecular formula is C21H23FN4O2. The largest absolute Gasteiger partial charge is 0.356 e. The molecule has 1 aliphatic heterocycles. The van der Waals surface area contributed by atoms with Crippen molar-refractivity contribution in [1.82, 2.24) is 20.4 Å². The topological polar surface area (TPSA) is 74.2 Å². The first-order valence-electron chi connectivity index (χ1n) is 9.57. The van der Waals surface area contributed by atoms with Crippen LogP contribution in [0.1, 0.15) is 30.3 Å². The Morgan fingerprint density at radius 3 is 2.96 bits per heavy atom. The quantitative estimate of drug-likeness (QED) is 0.682. The summed E-state index contributed by atoms with van der Waals surface area (Å²) in [5, 5.41) is 6.89. The van der Waals surface area contributed by atoms with Gasteiger partial charge in [0.1, 0.15) is 11.5 Å². The van der Waals surface area contributed by atoms with Crippen molar-refractivity contribution in [1.29, 1.82) is 0 Å². The number of benzene rings is 1. The van der Waals surface area contributed by atoms with Gasteiger partial charge in [0.15, 0.2) is 5.76 Å². The molecule has 2 aromatic heterocycles. The number of halogens is 1. The maximum absolute atomic E-state index is 13.2. The van der Waals surface area contributed by atoms with Gasteiger partial charge >= 0.3 is 0 Å². The number of nitrogens with one attached hydrogen (secondary N) is 2. The summed E-state index contributed by atoms with van der Waals surface area (Å²) in [5.74, 6) is 0.0955. The molecule has 1 aliphatic rings. The van der Waals surface area contributed by atoms with Crippen LogP contribution in [0.25, 0.3) is 22.5 Å². The highest BCUT2D eigenvalue weighted by molar-refractivity contribution is 5.94. The standard InChI is InChI=1S/C21H23FN4O2/c1-2-26-9-3-4-17(26)12-24-21(27)19-10-15(11-23-19)20-18(13-25-28-20)14-5-7-16(22)8-6-14/h5-8,10-11,13,17,23H,2-4,9,12H2,1H3,(H,24,27). The van der Waals surface area contributed by atoms with Crippen molar-refractivity contribution in [2.45, 2.75) is 25.8 Å². The number of aromatic nitrogens is 2. The molecule has 3 heterocycles. The second-order valence-electron chi connectivity index (χ2n) is 7.01. The van der Waals surface area contributed by atoms with E-state index in [2.05, 4.69) is 27.3 Å². The molecular weight excluding hydrogens is 359 g/mol. The molecule has 0 radical (unpaired) electrons. The molecule has 0 bridgehead atoms. The van der Waals surface area contributed by atoms with Gasteiger partial charge in [0.05, 0.1) is 6.20 Å². The zero-order chi connectivity index (χ0) is 19.5. The fourth-order valence-corrected chi connectivity index (χ4v) is 3.79. The third-order valence-electron chi connectivity index (χ3n) is 5.32. The molecule has 7 heteroatoms. The Balaban J connectivity index is 1.47. The predicted molar refractivity (Wildman–Crippen MR) is 104 cm³/mol. The maximum Gasteiger partial charge on any atom is 0.267 e. The molecule has 3 aromatic rings. The number of carbonyl (C=O) groups excluding carboxylic acids is 1. The number of H-pyrrole nitrogens is 1. The van der Waals surface area contributed by atoms with Crippen LogP contribution in [0.4, 0.5) is 4.39 Å². The number of likely N-dealkylation sites (N-methyl/N-ethyl adjacent to an activating group) is 1. The molecule has 1 unspecified atom stereocenters. The van der Waals surface area contributed by atoms with Gasteiger partial charge in [0.25, 0.3) is 5.91 Å². The van der Waals surface area contributed by atoms with Crippen LogP contribution < -0.4 is 5.32 Å². The third-order valence-corrected chi connectivity index (χ3v) is 5.32. The van der Waals surface area contributed by atoms with Crippen LogP contribution in [0.15, 0.2) is 47.2 Å². The third kappa shape index (κ3) is 3.71. The van der Waals surface area contributed by atoms with Gasteiger partial charge in [-0.25, -0.2) is 4.39 Å². The van der Waals surface area contributed by atoms with E-state index in [0.29, 0.717) is 24.0 Å². The fourth-order valence-electron chi connectivity index (χ4n) is 3.79. The molecule has 1 amide bonds.